The van der Waals surface area contributed by atoms with E-state index in [1.807, 2.05) is 102 Å². The fourth-order valence-electron chi connectivity index (χ4n) is 5.31. The highest BCUT2D eigenvalue weighted by Crippen LogP contribution is 2.31. The molecule has 0 unspecified atom stereocenters. The average Bonchev–Trinajstić information content (AvgIpc) is 3.07. The zero-order valence-electron chi connectivity index (χ0n) is 26.9. The van der Waals surface area contributed by atoms with Crippen LogP contribution < -0.4 is 19.7 Å². The molecule has 4 aromatic rings. The molecule has 2 amide bonds. The van der Waals surface area contributed by atoms with Gasteiger partial charge in [0.1, 0.15) is 24.9 Å². The highest BCUT2D eigenvalue weighted by Gasteiger charge is 2.31. The quantitative estimate of drug-likeness (QED) is 0.203. The van der Waals surface area contributed by atoms with Gasteiger partial charge in [0.2, 0.25) is 5.91 Å². The van der Waals surface area contributed by atoms with E-state index in [0.29, 0.717) is 50.9 Å². The monoisotopic (exact) mass is 621 g/mol. The lowest BCUT2D eigenvalue weighted by atomic mass is 10.0. The predicted octanol–water partition coefficient (Wildman–Crippen LogP) is 6.63. The van der Waals surface area contributed by atoms with E-state index in [2.05, 4.69) is 22.3 Å². The summed E-state index contributed by atoms with van der Waals surface area (Å²) in [6.45, 7) is 8.67. The first-order chi connectivity index (χ1) is 22.2. The fourth-order valence-corrected chi connectivity index (χ4v) is 5.31. The third-order valence-electron chi connectivity index (χ3n) is 7.62. The molecule has 1 N–H and O–H groups in total. The number of hydrogen-bond donors (Lipinski definition) is 1. The molecule has 0 radical (unpaired) electrons. The van der Waals surface area contributed by atoms with Crippen LogP contribution in [0.15, 0.2) is 109 Å². The van der Waals surface area contributed by atoms with Crippen molar-refractivity contribution >= 4 is 17.7 Å². The van der Waals surface area contributed by atoms with Crippen LogP contribution in [-0.4, -0.2) is 54.7 Å². The number of benzene rings is 4. The molecule has 8 nitrogen and oxygen atoms in total. The molecule has 0 saturated carbocycles. The van der Waals surface area contributed by atoms with Gasteiger partial charge < -0.3 is 29.3 Å². The van der Waals surface area contributed by atoms with Gasteiger partial charge in [0.25, 0.3) is 0 Å². The van der Waals surface area contributed by atoms with Gasteiger partial charge in [-0.25, -0.2) is 4.79 Å². The number of nitrogens with zero attached hydrogens (tertiary/aromatic N) is 2. The summed E-state index contributed by atoms with van der Waals surface area (Å²) in [6, 6.07) is 34.9. The number of ether oxygens (including phenoxy) is 3. The smallest absolute Gasteiger partial charge is 0.408 e. The van der Waals surface area contributed by atoms with Gasteiger partial charge in [-0.15, -0.1) is 0 Å². The number of amides is 2. The highest BCUT2D eigenvalue weighted by atomic mass is 16.6. The minimum Gasteiger partial charge on any atom is -0.485 e. The van der Waals surface area contributed by atoms with Crippen molar-refractivity contribution in [2.24, 2.45) is 0 Å². The van der Waals surface area contributed by atoms with Gasteiger partial charge in [0.05, 0.1) is 0 Å². The van der Waals surface area contributed by atoms with Gasteiger partial charge in [-0.1, -0.05) is 84.9 Å². The first-order valence-electron chi connectivity index (χ1n) is 15.8. The Kier molecular flexibility index (Phi) is 10.8. The van der Waals surface area contributed by atoms with Crippen LogP contribution in [-0.2, 0) is 29.2 Å². The van der Waals surface area contributed by atoms with Crippen molar-refractivity contribution in [2.75, 3.05) is 31.1 Å². The summed E-state index contributed by atoms with van der Waals surface area (Å²) in [5, 5.41) is 2.86. The van der Waals surface area contributed by atoms with Crippen molar-refractivity contribution in [2.45, 2.75) is 52.0 Å². The number of piperazine rings is 1. The predicted molar refractivity (Wildman–Crippen MR) is 180 cm³/mol. The van der Waals surface area contributed by atoms with Crippen LogP contribution in [0.4, 0.5) is 10.5 Å². The molecule has 0 spiro atoms. The summed E-state index contributed by atoms with van der Waals surface area (Å²) in [5.41, 5.74) is 3.33. The SMILES string of the molecule is CC(C)(C)OC(=O)N[C@@H](Cc1ccc(OCc2ccccc2)c(OCc2ccccc2)c1)C(=O)N1CCN(c2ccccc2)CC1. The number of carbonyl (C=O) groups is 2. The first kappa shape index (κ1) is 32.4. The highest BCUT2D eigenvalue weighted by molar-refractivity contribution is 5.86. The van der Waals surface area contributed by atoms with Crippen LogP contribution in [0, 0.1) is 0 Å². The number of carbonyl (C=O) groups excluding carboxylic acids is 2. The van der Waals surface area contributed by atoms with E-state index in [1.54, 1.807) is 20.8 Å². The molecule has 0 aromatic heterocycles. The molecular weight excluding hydrogens is 578 g/mol. The molecule has 5 rings (SSSR count). The van der Waals surface area contributed by atoms with E-state index in [-0.39, 0.29) is 12.3 Å². The maximum absolute atomic E-state index is 14.0. The van der Waals surface area contributed by atoms with E-state index in [4.69, 9.17) is 14.2 Å². The number of hydrogen-bond acceptors (Lipinski definition) is 6. The Balaban J connectivity index is 1.34. The van der Waals surface area contributed by atoms with E-state index in [1.165, 1.54) is 0 Å². The maximum Gasteiger partial charge on any atom is 0.408 e. The lowest BCUT2D eigenvalue weighted by Crippen LogP contribution is -2.56. The van der Waals surface area contributed by atoms with E-state index in [9.17, 15) is 9.59 Å². The van der Waals surface area contributed by atoms with Crippen LogP contribution in [0.5, 0.6) is 11.5 Å². The van der Waals surface area contributed by atoms with Crippen LogP contribution in [0.25, 0.3) is 0 Å². The number of para-hydroxylation sites is 1. The van der Waals surface area contributed by atoms with Crippen LogP contribution >= 0.6 is 0 Å². The number of nitrogens with one attached hydrogen (secondary N) is 1. The van der Waals surface area contributed by atoms with Crippen LogP contribution in [0.2, 0.25) is 0 Å². The maximum atomic E-state index is 14.0. The molecule has 0 bridgehead atoms. The van der Waals surface area contributed by atoms with Crippen molar-refractivity contribution in [3.8, 4) is 11.5 Å². The van der Waals surface area contributed by atoms with Crippen LogP contribution in [0.1, 0.15) is 37.5 Å². The molecule has 4 aromatic carbocycles. The second-order valence-corrected chi connectivity index (χ2v) is 12.4. The lowest BCUT2D eigenvalue weighted by Gasteiger charge is -2.37. The summed E-state index contributed by atoms with van der Waals surface area (Å²) in [7, 11) is 0. The van der Waals surface area contributed by atoms with Gasteiger partial charge in [0.15, 0.2) is 11.5 Å². The molecule has 1 aliphatic heterocycles. The Morgan fingerprint density at radius 3 is 1.80 bits per heavy atom. The molecule has 1 atom stereocenters. The van der Waals surface area contributed by atoms with Crippen molar-refractivity contribution < 1.29 is 23.8 Å². The summed E-state index contributed by atoms with van der Waals surface area (Å²) >= 11 is 0. The summed E-state index contributed by atoms with van der Waals surface area (Å²) in [5.74, 6) is 1.02. The number of anilines is 1. The Morgan fingerprint density at radius 1 is 0.696 bits per heavy atom. The Bertz CT molecular complexity index is 1550. The Morgan fingerprint density at radius 2 is 1.24 bits per heavy atom. The summed E-state index contributed by atoms with van der Waals surface area (Å²) in [6.07, 6.45) is -0.366. The molecule has 0 aliphatic carbocycles. The molecular formula is C38H43N3O5. The largest absolute Gasteiger partial charge is 0.485 e. The van der Waals surface area contributed by atoms with E-state index in [0.717, 1.165) is 22.4 Å². The minimum absolute atomic E-state index is 0.144. The second-order valence-electron chi connectivity index (χ2n) is 12.4. The molecule has 240 valence electrons. The van der Waals surface area contributed by atoms with E-state index < -0.39 is 17.7 Å². The average molecular weight is 622 g/mol. The van der Waals surface area contributed by atoms with Crippen molar-refractivity contribution in [3.05, 3.63) is 126 Å². The summed E-state index contributed by atoms with van der Waals surface area (Å²) < 4.78 is 18.0. The third-order valence-corrected chi connectivity index (χ3v) is 7.62. The van der Waals surface area contributed by atoms with Gasteiger partial charge in [-0.2, -0.15) is 0 Å². The normalized spacial score (nSPS) is 13.9. The van der Waals surface area contributed by atoms with Crippen molar-refractivity contribution in [3.63, 3.8) is 0 Å². The topological polar surface area (TPSA) is 80.3 Å². The van der Waals surface area contributed by atoms with Gasteiger partial charge in [0, 0.05) is 38.3 Å². The van der Waals surface area contributed by atoms with Gasteiger partial charge >= 0.3 is 6.09 Å². The van der Waals surface area contributed by atoms with Crippen molar-refractivity contribution in [1.29, 1.82) is 0 Å². The zero-order valence-corrected chi connectivity index (χ0v) is 26.9. The Labute approximate surface area is 271 Å². The summed E-state index contributed by atoms with van der Waals surface area (Å²) in [4.78, 5) is 31.0. The number of alkyl carbamates (subject to hydrolysis) is 1. The molecule has 1 aliphatic rings. The minimum atomic E-state index is -0.823. The van der Waals surface area contributed by atoms with Crippen molar-refractivity contribution in [1.82, 2.24) is 10.2 Å². The molecule has 8 heteroatoms. The molecule has 1 heterocycles. The molecule has 1 fully saturated rings. The lowest BCUT2D eigenvalue weighted by molar-refractivity contribution is -0.133. The fraction of sp³-hybridized carbons (Fsp3) is 0.316. The Hall–Kier alpha value is -4.98. The second kappa shape index (κ2) is 15.3. The standard InChI is InChI=1S/C38H43N3O5/c1-38(2,3)46-37(43)39-33(36(42)41-23-21-40(22-24-41)32-17-11-6-12-18-32)25-31-19-20-34(44-27-29-13-7-4-8-14-29)35(26-31)45-28-30-15-9-5-10-16-30/h4-20,26,33H,21-25,27-28H2,1-3H3,(H,39,43)/t33-/m0/s1. The third kappa shape index (κ3) is 9.51. The zero-order chi connectivity index (χ0) is 32.4. The molecule has 46 heavy (non-hydrogen) atoms. The molecule has 1 saturated heterocycles. The number of rotatable bonds is 11. The van der Waals surface area contributed by atoms with Gasteiger partial charge in [-0.3, -0.25) is 4.79 Å². The first-order valence-corrected chi connectivity index (χ1v) is 15.8. The van der Waals surface area contributed by atoms with E-state index >= 15 is 0 Å². The van der Waals surface area contributed by atoms with Gasteiger partial charge in [-0.05, 0) is 61.7 Å². The van der Waals surface area contributed by atoms with Crippen LogP contribution in [0.3, 0.4) is 0 Å².